The van der Waals surface area contributed by atoms with Crippen LogP contribution >= 0.6 is 23.3 Å². The zero-order chi connectivity index (χ0) is 21.0. The largest absolute Gasteiger partial charge is 0.573 e. The third-order valence-corrected chi connectivity index (χ3v) is 6.41. The first kappa shape index (κ1) is 21.2. The van der Waals surface area contributed by atoms with Crippen molar-refractivity contribution in [3.05, 3.63) is 65.0 Å². The lowest BCUT2D eigenvalue weighted by Gasteiger charge is -2.15. The monoisotopic (exact) mass is 451 g/mol. The van der Waals surface area contributed by atoms with Gasteiger partial charge in [-0.05, 0) is 36.6 Å². The molecule has 4 rings (SSSR count). The Kier molecular flexibility index (Phi) is 6.62. The minimum atomic E-state index is -4.68. The van der Waals surface area contributed by atoms with Crippen molar-refractivity contribution in [1.29, 1.82) is 0 Å². The number of hydrogen-bond donors (Lipinski definition) is 1. The number of alkyl halides is 3. The fourth-order valence-electron chi connectivity index (χ4n) is 3.27. The Morgan fingerprint density at radius 2 is 2.00 bits per heavy atom. The SMILES string of the molecule is FC(F)(F)Oc1cccc(SNC2CCN(Cc3nc(-c4ccccc4)cs3)C2)c1. The van der Waals surface area contributed by atoms with Gasteiger partial charge >= 0.3 is 6.36 Å². The van der Waals surface area contributed by atoms with E-state index in [0.717, 1.165) is 42.3 Å². The molecule has 0 spiro atoms. The smallest absolute Gasteiger partial charge is 0.406 e. The summed E-state index contributed by atoms with van der Waals surface area (Å²) in [5.41, 5.74) is 2.12. The van der Waals surface area contributed by atoms with Crippen molar-refractivity contribution in [2.24, 2.45) is 0 Å². The molecular weight excluding hydrogens is 431 g/mol. The molecule has 1 aliphatic rings. The Morgan fingerprint density at radius 1 is 1.17 bits per heavy atom. The van der Waals surface area contributed by atoms with Crippen molar-refractivity contribution < 1.29 is 17.9 Å². The number of rotatable bonds is 7. The highest BCUT2D eigenvalue weighted by Crippen LogP contribution is 2.28. The average molecular weight is 452 g/mol. The first-order valence-corrected chi connectivity index (χ1v) is 11.1. The lowest BCUT2D eigenvalue weighted by Crippen LogP contribution is -2.28. The lowest BCUT2D eigenvalue weighted by atomic mass is 10.2. The van der Waals surface area contributed by atoms with Gasteiger partial charge in [0.15, 0.2) is 0 Å². The maximum Gasteiger partial charge on any atom is 0.573 e. The normalized spacial score (nSPS) is 17.4. The van der Waals surface area contributed by atoms with Crippen molar-refractivity contribution in [3.8, 4) is 17.0 Å². The molecule has 9 heteroatoms. The molecule has 0 aliphatic carbocycles. The molecular formula is C21H20F3N3OS2. The van der Waals surface area contributed by atoms with Crippen molar-refractivity contribution in [2.75, 3.05) is 13.1 Å². The summed E-state index contributed by atoms with van der Waals surface area (Å²) in [5, 5.41) is 3.17. The molecule has 2 aromatic carbocycles. The molecule has 1 N–H and O–H groups in total. The number of halogens is 3. The summed E-state index contributed by atoms with van der Waals surface area (Å²) in [5.74, 6) is -0.208. The Bertz CT molecular complexity index is 965. The minimum absolute atomic E-state index is 0.208. The lowest BCUT2D eigenvalue weighted by molar-refractivity contribution is -0.274. The second kappa shape index (κ2) is 9.38. The summed E-state index contributed by atoms with van der Waals surface area (Å²) in [7, 11) is 0. The first-order valence-electron chi connectivity index (χ1n) is 9.45. The first-order chi connectivity index (χ1) is 14.4. The van der Waals surface area contributed by atoms with Gasteiger partial charge in [0.1, 0.15) is 10.8 Å². The molecule has 1 unspecified atom stereocenters. The number of nitrogens with one attached hydrogen (secondary N) is 1. The summed E-state index contributed by atoms with van der Waals surface area (Å²) in [6, 6.07) is 16.4. The van der Waals surface area contributed by atoms with E-state index in [1.54, 1.807) is 23.5 Å². The van der Waals surface area contributed by atoms with Crippen molar-refractivity contribution in [1.82, 2.24) is 14.6 Å². The molecule has 1 aliphatic heterocycles. The van der Waals surface area contributed by atoms with Gasteiger partial charge in [0.25, 0.3) is 0 Å². The molecule has 0 bridgehead atoms. The standard InChI is InChI=1S/C21H20F3N3OS2/c22-21(23,24)28-17-7-4-8-18(11-17)30-26-16-9-10-27(12-16)13-20-25-19(14-29-20)15-5-2-1-3-6-15/h1-8,11,14,16,26H,9-10,12-13H2. The molecule has 3 aromatic rings. The van der Waals surface area contributed by atoms with Gasteiger partial charge in [-0.2, -0.15) is 0 Å². The number of benzene rings is 2. The van der Waals surface area contributed by atoms with Gasteiger partial charge in [0.2, 0.25) is 0 Å². The predicted molar refractivity (Wildman–Crippen MR) is 113 cm³/mol. The van der Waals surface area contributed by atoms with Crippen LogP contribution in [0.15, 0.2) is 64.9 Å². The molecule has 30 heavy (non-hydrogen) atoms. The number of likely N-dealkylation sites (tertiary alicyclic amines) is 1. The minimum Gasteiger partial charge on any atom is -0.406 e. The average Bonchev–Trinajstić information content (AvgIpc) is 3.36. The van der Waals surface area contributed by atoms with Gasteiger partial charge in [-0.25, -0.2) is 4.98 Å². The van der Waals surface area contributed by atoms with Crippen LogP contribution < -0.4 is 9.46 Å². The Balaban J connectivity index is 1.26. The van der Waals surface area contributed by atoms with Gasteiger partial charge in [0, 0.05) is 35.0 Å². The van der Waals surface area contributed by atoms with Crippen LogP contribution in [0.4, 0.5) is 13.2 Å². The van der Waals surface area contributed by atoms with E-state index in [2.05, 4.69) is 31.9 Å². The molecule has 0 radical (unpaired) electrons. The summed E-state index contributed by atoms with van der Waals surface area (Å²) in [6.07, 6.45) is -3.71. The predicted octanol–water partition coefficient (Wildman–Crippen LogP) is 5.58. The third kappa shape index (κ3) is 5.98. The second-order valence-electron chi connectivity index (χ2n) is 6.96. The van der Waals surface area contributed by atoms with E-state index in [-0.39, 0.29) is 11.8 Å². The summed E-state index contributed by atoms with van der Waals surface area (Å²) < 4.78 is 44.4. The summed E-state index contributed by atoms with van der Waals surface area (Å²) >= 11 is 3.00. The molecule has 0 saturated carbocycles. The van der Waals surface area contributed by atoms with Gasteiger partial charge in [-0.1, -0.05) is 36.4 Å². The van der Waals surface area contributed by atoms with E-state index in [9.17, 15) is 13.2 Å². The highest BCUT2D eigenvalue weighted by Gasteiger charge is 2.31. The highest BCUT2D eigenvalue weighted by atomic mass is 32.2. The van der Waals surface area contributed by atoms with E-state index in [4.69, 9.17) is 4.98 Å². The van der Waals surface area contributed by atoms with Crippen LogP contribution in [0.5, 0.6) is 5.75 Å². The van der Waals surface area contributed by atoms with Crippen LogP contribution in [0.2, 0.25) is 0 Å². The Morgan fingerprint density at radius 3 is 2.80 bits per heavy atom. The molecule has 1 saturated heterocycles. The molecule has 2 heterocycles. The van der Waals surface area contributed by atoms with Crippen LogP contribution in [0.25, 0.3) is 11.3 Å². The number of aromatic nitrogens is 1. The molecule has 158 valence electrons. The number of thiazole rings is 1. The van der Waals surface area contributed by atoms with Crippen LogP contribution in [0, 0.1) is 0 Å². The van der Waals surface area contributed by atoms with Gasteiger partial charge in [-0.15, -0.1) is 24.5 Å². The maximum atomic E-state index is 12.4. The number of nitrogens with zero attached hydrogens (tertiary/aromatic N) is 2. The van der Waals surface area contributed by atoms with Crippen molar-refractivity contribution in [3.63, 3.8) is 0 Å². The zero-order valence-electron chi connectivity index (χ0n) is 15.9. The second-order valence-corrected chi connectivity index (χ2v) is 8.81. The fourth-order valence-corrected chi connectivity index (χ4v) is 4.94. The quantitative estimate of drug-likeness (QED) is 0.475. The van der Waals surface area contributed by atoms with Crippen LogP contribution in [-0.4, -0.2) is 35.4 Å². The van der Waals surface area contributed by atoms with Crippen molar-refractivity contribution >= 4 is 23.3 Å². The van der Waals surface area contributed by atoms with E-state index >= 15 is 0 Å². The van der Waals surface area contributed by atoms with Crippen LogP contribution in [-0.2, 0) is 6.54 Å². The van der Waals surface area contributed by atoms with E-state index in [1.165, 1.54) is 24.1 Å². The molecule has 4 nitrogen and oxygen atoms in total. The van der Waals surface area contributed by atoms with Gasteiger partial charge < -0.3 is 4.74 Å². The maximum absolute atomic E-state index is 12.4. The third-order valence-electron chi connectivity index (χ3n) is 4.64. The Labute approximate surface area is 181 Å². The van der Waals surface area contributed by atoms with Crippen LogP contribution in [0.3, 0.4) is 0 Å². The fraction of sp³-hybridized carbons (Fsp3) is 0.286. The molecule has 1 fully saturated rings. The summed E-state index contributed by atoms with van der Waals surface area (Å²) in [6.45, 7) is 2.62. The highest BCUT2D eigenvalue weighted by molar-refractivity contribution is 7.97. The topological polar surface area (TPSA) is 37.4 Å². The zero-order valence-corrected chi connectivity index (χ0v) is 17.6. The molecule has 1 atom stereocenters. The van der Waals surface area contributed by atoms with Gasteiger partial charge in [0.05, 0.1) is 12.2 Å². The van der Waals surface area contributed by atoms with Gasteiger partial charge in [-0.3, -0.25) is 9.62 Å². The van der Waals surface area contributed by atoms with Crippen LogP contribution in [0.1, 0.15) is 11.4 Å². The van der Waals surface area contributed by atoms with E-state index in [0.29, 0.717) is 4.90 Å². The number of ether oxygens (including phenoxy) is 1. The van der Waals surface area contributed by atoms with E-state index in [1.807, 2.05) is 18.2 Å². The number of hydrogen-bond acceptors (Lipinski definition) is 6. The molecule has 1 aromatic heterocycles. The summed E-state index contributed by atoms with van der Waals surface area (Å²) in [4.78, 5) is 7.77. The van der Waals surface area contributed by atoms with Crippen molar-refractivity contribution in [2.45, 2.75) is 30.3 Å². The molecule has 0 amide bonds. The van der Waals surface area contributed by atoms with E-state index < -0.39 is 6.36 Å². The Hall–Kier alpha value is -2.07.